The Balaban J connectivity index is 1.68. The summed E-state index contributed by atoms with van der Waals surface area (Å²) in [7, 11) is 0. The number of ether oxygens (including phenoxy) is 1. The van der Waals surface area contributed by atoms with Crippen molar-refractivity contribution in [3.05, 3.63) is 71.3 Å². The molecule has 2 aliphatic rings. The summed E-state index contributed by atoms with van der Waals surface area (Å²) >= 11 is 0. The average molecular weight is 464 g/mol. The van der Waals surface area contributed by atoms with Crippen molar-refractivity contribution in [1.29, 1.82) is 0 Å². The van der Waals surface area contributed by atoms with Crippen LogP contribution in [0.15, 0.2) is 54.6 Å². The van der Waals surface area contributed by atoms with E-state index in [9.17, 15) is 19.2 Å². The summed E-state index contributed by atoms with van der Waals surface area (Å²) in [6.07, 6.45) is 1.51. The number of fused-ring (bicyclic) bond motifs is 8. The molecular weight excluding hydrogens is 430 g/mol. The number of rotatable bonds is 8. The first-order valence-electron chi connectivity index (χ1n) is 12.0. The maximum Gasteiger partial charge on any atom is 0.408 e. The number of alkyl carbamates (subject to hydrolysis) is 1. The molecule has 0 aromatic heterocycles. The highest BCUT2D eigenvalue weighted by Crippen LogP contribution is 2.21. The highest BCUT2D eigenvalue weighted by molar-refractivity contribution is 6.38. The Morgan fingerprint density at radius 1 is 0.971 bits per heavy atom. The van der Waals surface area contributed by atoms with Gasteiger partial charge in [0.15, 0.2) is 11.6 Å². The Kier molecular flexibility index (Phi) is 9.14. The van der Waals surface area contributed by atoms with Gasteiger partial charge in [0.05, 0.1) is 6.04 Å². The van der Waals surface area contributed by atoms with Crippen LogP contribution in [-0.4, -0.2) is 29.5 Å². The zero-order chi connectivity index (χ0) is 24.5. The zero-order valence-corrected chi connectivity index (χ0v) is 19.9. The first kappa shape index (κ1) is 25.3. The number of aryl methyl sites for hydroxylation is 1. The zero-order valence-electron chi connectivity index (χ0n) is 19.9. The van der Waals surface area contributed by atoms with Crippen LogP contribution < -0.4 is 5.32 Å². The van der Waals surface area contributed by atoms with Gasteiger partial charge in [0.2, 0.25) is 5.78 Å². The lowest BCUT2D eigenvalue weighted by molar-refractivity contribution is -0.140. The predicted molar refractivity (Wildman–Crippen MR) is 129 cm³/mol. The molecule has 0 fully saturated rings. The second-order valence-corrected chi connectivity index (χ2v) is 9.42. The van der Waals surface area contributed by atoms with Gasteiger partial charge in [-0.25, -0.2) is 4.79 Å². The number of carbonyl (C=O) groups is 4. The summed E-state index contributed by atoms with van der Waals surface area (Å²) in [6, 6.07) is 16.4. The molecule has 0 aliphatic heterocycles. The maximum absolute atomic E-state index is 13.3. The molecule has 2 aromatic rings. The molecule has 6 heteroatoms. The van der Waals surface area contributed by atoms with Gasteiger partial charge < -0.3 is 10.1 Å². The van der Waals surface area contributed by atoms with Gasteiger partial charge in [-0.15, -0.1) is 0 Å². The molecule has 6 nitrogen and oxygen atoms in total. The highest BCUT2D eigenvalue weighted by Gasteiger charge is 2.31. The third-order valence-electron chi connectivity index (χ3n) is 6.07. The molecule has 180 valence electrons. The molecule has 1 amide bonds. The summed E-state index contributed by atoms with van der Waals surface area (Å²) < 4.78 is 5.29. The van der Waals surface area contributed by atoms with Gasteiger partial charge in [-0.3, -0.25) is 14.4 Å². The van der Waals surface area contributed by atoms with Crippen molar-refractivity contribution >= 4 is 23.4 Å². The second kappa shape index (κ2) is 12.3. The smallest absolute Gasteiger partial charge is 0.408 e. The van der Waals surface area contributed by atoms with E-state index in [0.29, 0.717) is 19.3 Å². The summed E-state index contributed by atoms with van der Waals surface area (Å²) in [5.74, 6) is -1.77. The van der Waals surface area contributed by atoms with Crippen molar-refractivity contribution < 1.29 is 23.9 Å². The molecule has 0 saturated carbocycles. The molecule has 2 atom stereocenters. The molecule has 2 unspecified atom stereocenters. The SMILES string of the molecule is CC(C)CC(NC(=O)OCc1ccccc1)C(=O)CC1Cc2ccc(cc2)CCCC(=O)C1=O. The molecule has 0 heterocycles. The average Bonchev–Trinajstić information content (AvgIpc) is 2.86. The van der Waals surface area contributed by atoms with Crippen molar-refractivity contribution in [3.8, 4) is 0 Å². The van der Waals surface area contributed by atoms with E-state index in [1.807, 2.05) is 68.4 Å². The number of benzene rings is 2. The van der Waals surface area contributed by atoms with Crippen LogP contribution in [0, 0.1) is 11.8 Å². The standard InChI is InChI=1S/C28H33NO5/c1-19(2)15-24(29-28(33)34-18-22-7-4-3-5-8-22)26(31)17-23-16-21-13-11-20(12-14-21)9-6-10-25(30)27(23)32/h3-5,7-8,11-14,19,23-24H,6,9-10,15-18H2,1-2H3,(H,29,33). The van der Waals surface area contributed by atoms with Crippen LogP contribution in [-0.2, 0) is 38.6 Å². The minimum absolute atomic E-state index is 0.0946. The fraction of sp³-hybridized carbons (Fsp3) is 0.429. The number of hydrogen-bond donors (Lipinski definition) is 1. The van der Waals surface area contributed by atoms with Gasteiger partial charge in [-0.05, 0) is 48.3 Å². The summed E-state index contributed by atoms with van der Waals surface area (Å²) in [6.45, 7) is 4.02. The van der Waals surface area contributed by atoms with Crippen LogP contribution >= 0.6 is 0 Å². The van der Waals surface area contributed by atoms with Crippen molar-refractivity contribution in [2.45, 2.75) is 65.0 Å². The second-order valence-electron chi connectivity index (χ2n) is 9.42. The Bertz CT molecular complexity index is 997. The third-order valence-corrected chi connectivity index (χ3v) is 6.07. The van der Waals surface area contributed by atoms with Gasteiger partial charge in [-0.1, -0.05) is 68.4 Å². The number of hydrogen-bond acceptors (Lipinski definition) is 5. The number of ketones is 3. The van der Waals surface area contributed by atoms with Gasteiger partial charge in [-0.2, -0.15) is 0 Å². The molecule has 0 spiro atoms. The number of Topliss-reactive ketones (excluding diaryl/α,β-unsaturated/α-hetero) is 3. The first-order chi connectivity index (χ1) is 16.3. The largest absolute Gasteiger partial charge is 0.445 e. The van der Waals surface area contributed by atoms with Crippen molar-refractivity contribution in [1.82, 2.24) is 5.32 Å². The Morgan fingerprint density at radius 2 is 1.65 bits per heavy atom. The van der Waals surface area contributed by atoms with Crippen molar-refractivity contribution in [2.24, 2.45) is 11.8 Å². The maximum atomic E-state index is 13.3. The van der Waals surface area contributed by atoms with E-state index in [4.69, 9.17) is 4.74 Å². The van der Waals surface area contributed by atoms with Gasteiger partial charge in [0.25, 0.3) is 0 Å². The predicted octanol–water partition coefficient (Wildman–Crippen LogP) is 4.62. The summed E-state index contributed by atoms with van der Waals surface area (Å²) in [4.78, 5) is 51.1. The van der Waals surface area contributed by atoms with E-state index in [1.165, 1.54) is 0 Å². The van der Waals surface area contributed by atoms with Crippen LogP contribution in [0.4, 0.5) is 4.79 Å². The van der Waals surface area contributed by atoms with Crippen LogP contribution in [0.3, 0.4) is 0 Å². The first-order valence-corrected chi connectivity index (χ1v) is 12.0. The Labute approximate surface area is 201 Å². The van der Waals surface area contributed by atoms with Crippen molar-refractivity contribution in [3.63, 3.8) is 0 Å². The molecule has 2 aromatic carbocycles. The van der Waals surface area contributed by atoms with Crippen molar-refractivity contribution in [2.75, 3.05) is 0 Å². The molecule has 0 radical (unpaired) electrons. The van der Waals surface area contributed by atoms with E-state index < -0.39 is 29.6 Å². The molecule has 0 saturated heterocycles. The molecule has 2 bridgehead atoms. The van der Waals surface area contributed by atoms with E-state index >= 15 is 0 Å². The normalized spacial score (nSPS) is 17.2. The molecular formula is C28H33NO5. The fourth-order valence-corrected chi connectivity index (χ4v) is 4.22. The monoisotopic (exact) mass is 463 g/mol. The molecule has 4 rings (SSSR count). The summed E-state index contributed by atoms with van der Waals surface area (Å²) in [5, 5.41) is 2.68. The Morgan fingerprint density at radius 3 is 2.32 bits per heavy atom. The van der Waals surface area contributed by atoms with E-state index in [1.54, 1.807) is 0 Å². The number of nitrogens with one attached hydrogen (secondary N) is 1. The molecule has 1 N–H and O–H groups in total. The van der Waals surface area contributed by atoms with Gasteiger partial charge >= 0.3 is 6.09 Å². The summed E-state index contributed by atoms with van der Waals surface area (Å²) in [5.41, 5.74) is 2.89. The van der Waals surface area contributed by atoms with Crippen LogP contribution in [0.25, 0.3) is 0 Å². The van der Waals surface area contributed by atoms with E-state index in [-0.39, 0.29) is 31.1 Å². The van der Waals surface area contributed by atoms with Crippen LogP contribution in [0.5, 0.6) is 0 Å². The van der Waals surface area contributed by atoms with Crippen LogP contribution in [0.2, 0.25) is 0 Å². The Hall–Kier alpha value is -3.28. The minimum atomic E-state index is -0.785. The third kappa shape index (κ3) is 7.65. The topological polar surface area (TPSA) is 89.5 Å². The minimum Gasteiger partial charge on any atom is -0.445 e. The molecule has 34 heavy (non-hydrogen) atoms. The van der Waals surface area contributed by atoms with E-state index in [2.05, 4.69) is 5.32 Å². The lowest BCUT2D eigenvalue weighted by atomic mass is 9.85. The lowest BCUT2D eigenvalue weighted by Gasteiger charge is -2.22. The van der Waals surface area contributed by atoms with Gasteiger partial charge in [0, 0.05) is 18.8 Å². The van der Waals surface area contributed by atoms with E-state index in [0.717, 1.165) is 23.1 Å². The number of carbonyl (C=O) groups excluding carboxylic acids is 4. The quantitative estimate of drug-likeness (QED) is 0.577. The fourth-order valence-electron chi connectivity index (χ4n) is 4.22. The number of amides is 1. The highest BCUT2D eigenvalue weighted by atomic mass is 16.5. The molecule has 2 aliphatic carbocycles. The van der Waals surface area contributed by atoms with Crippen LogP contribution in [0.1, 0.15) is 56.2 Å². The van der Waals surface area contributed by atoms with Gasteiger partial charge in [0.1, 0.15) is 6.61 Å². The lowest BCUT2D eigenvalue weighted by Crippen LogP contribution is -2.43.